The number of hydrogen-bond donors (Lipinski definition) is 1. The first-order chi connectivity index (χ1) is 16.3. The van der Waals surface area contributed by atoms with Gasteiger partial charge in [-0.15, -0.1) is 0 Å². The molecule has 0 aliphatic carbocycles. The maximum atomic E-state index is 14.8. The summed E-state index contributed by atoms with van der Waals surface area (Å²) >= 11 is 0. The summed E-state index contributed by atoms with van der Waals surface area (Å²) in [5, 5.41) is 20.4. The number of rotatable bonds is 6. The van der Waals surface area contributed by atoms with Gasteiger partial charge in [0.15, 0.2) is 5.82 Å². The van der Waals surface area contributed by atoms with Crippen LogP contribution in [0.2, 0.25) is 0 Å². The number of aliphatic hydroxyl groups is 1. The van der Waals surface area contributed by atoms with E-state index >= 15 is 0 Å². The summed E-state index contributed by atoms with van der Waals surface area (Å²) in [5.41, 5.74) is -1.08. The summed E-state index contributed by atoms with van der Waals surface area (Å²) in [7, 11) is 0. The Morgan fingerprint density at radius 2 is 1.82 bits per heavy atom. The molecular formula is C23H22F3N7O. The van der Waals surface area contributed by atoms with Gasteiger partial charge in [0.25, 0.3) is 0 Å². The average molecular weight is 469 g/mol. The van der Waals surface area contributed by atoms with Crippen LogP contribution in [0.3, 0.4) is 0 Å². The highest BCUT2D eigenvalue weighted by atomic mass is 19.1. The van der Waals surface area contributed by atoms with Gasteiger partial charge in [0.1, 0.15) is 41.5 Å². The lowest BCUT2D eigenvalue weighted by atomic mass is 9.85. The van der Waals surface area contributed by atoms with Gasteiger partial charge in [-0.25, -0.2) is 32.5 Å². The van der Waals surface area contributed by atoms with Crippen LogP contribution in [0.15, 0.2) is 55.1 Å². The topological polar surface area (TPSA) is 84.9 Å². The number of halogens is 3. The molecular weight excluding hydrogens is 447 g/mol. The van der Waals surface area contributed by atoms with Gasteiger partial charge in [0.05, 0.1) is 19.6 Å². The van der Waals surface area contributed by atoms with Crippen molar-refractivity contribution in [1.82, 2.24) is 34.4 Å². The van der Waals surface area contributed by atoms with E-state index < -0.39 is 23.3 Å². The third-order valence-electron chi connectivity index (χ3n) is 6.30. The molecule has 4 aromatic rings. The first-order valence-electron chi connectivity index (χ1n) is 10.8. The first kappa shape index (κ1) is 22.2. The van der Waals surface area contributed by atoms with E-state index in [1.165, 1.54) is 35.5 Å². The molecule has 34 heavy (non-hydrogen) atoms. The summed E-state index contributed by atoms with van der Waals surface area (Å²) in [6.07, 6.45) is 2.76. The predicted octanol–water partition coefficient (Wildman–Crippen LogP) is 2.75. The normalized spacial score (nSPS) is 16.7. The molecule has 3 heterocycles. The van der Waals surface area contributed by atoms with Crippen molar-refractivity contribution in [3.05, 3.63) is 84.0 Å². The van der Waals surface area contributed by atoms with Crippen molar-refractivity contribution in [2.24, 2.45) is 0 Å². The second-order valence-electron chi connectivity index (χ2n) is 8.37. The van der Waals surface area contributed by atoms with E-state index in [9.17, 15) is 18.3 Å². The van der Waals surface area contributed by atoms with E-state index in [2.05, 4.69) is 20.2 Å². The van der Waals surface area contributed by atoms with Crippen LogP contribution in [0.5, 0.6) is 0 Å². The van der Waals surface area contributed by atoms with Crippen LogP contribution in [0.1, 0.15) is 18.3 Å². The van der Waals surface area contributed by atoms with Gasteiger partial charge in [-0.3, -0.25) is 4.90 Å². The maximum Gasteiger partial charge on any atom is 0.181 e. The molecule has 0 amide bonds. The van der Waals surface area contributed by atoms with E-state index in [1.54, 1.807) is 23.7 Å². The van der Waals surface area contributed by atoms with Crippen molar-refractivity contribution in [3.8, 4) is 11.4 Å². The Hall–Kier alpha value is -3.57. The number of fused-ring (bicyclic) bond motifs is 1. The van der Waals surface area contributed by atoms with Crippen molar-refractivity contribution in [1.29, 1.82) is 0 Å². The fourth-order valence-corrected chi connectivity index (χ4v) is 4.35. The highest BCUT2D eigenvalue weighted by Crippen LogP contribution is 2.34. The van der Waals surface area contributed by atoms with Crippen molar-refractivity contribution >= 4 is 0 Å². The number of aromatic nitrogens is 6. The molecule has 0 saturated heterocycles. The molecule has 2 aromatic heterocycles. The van der Waals surface area contributed by atoms with E-state index in [4.69, 9.17) is 0 Å². The van der Waals surface area contributed by atoms with Gasteiger partial charge < -0.3 is 5.11 Å². The maximum absolute atomic E-state index is 14.8. The standard InChI is InChI=1S/C23H22F3N7O/c1-15(23(34,12-32-14-27-13-28-32)19-7-6-18(25)10-20(19)26)31-8-9-33-21(11-31)29-22(30-33)16-2-4-17(24)5-3-16/h2-7,10,13-15,34H,8-9,11-12H2,1H3/t15-,23-/m1/s1. The van der Waals surface area contributed by atoms with Gasteiger partial charge in [0, 0.05) is 29.8 Å². The molecule has 1 N–H and O–H groups in total. The lowest BCUT2D eigenvalue weighted by Crippen LogP contribution is -2.53. The summed E-state index contributed by atoms with van der Waals surface area (Å²) < 4.78 is 44.9. The molecule has 0 unspecified atom stereocenters. The van der Waals surface area contributed by atoms with Gasteiger partial charge >= 0.3 is 0 Å². The van der Waals surface area contributed by atoms with Crippen LogP contribution < -0.4 is 0 Å². The van der Waals surface area contributed by atoms with Crippen molar-refractivity contribution in [2.45, 2.75) is 38.2 Å². The van der Waals surface area contributed by atoms with Gasteiger partial charge in [-0.2, -0.15) is 10.2 Å². The fraction of sp³-hybridized carbons (Fsp3) is 0.304. The van der Waals surface area contributed by atoms with E-state index in [0.29, 0.717) is 36.8 Å². The third kappa shape index (κ3) is 4.08. The molecule has 0 bridgehead atoms. The number of nitrogens with zero attached hydrogens (tertiary/aromatic N) is 7. The smallest absolute Gasteiger partial charge is 0.181 e. The summed E-state index contributed by atoms with van der Waals surface area (Å²) in [6, 6.07) is 8.48. The number of hydrogen-bond acceptors (Lipinski definition) is 6. The molecule has 2 aromatic carbocycles. The predicted molar refractivity (Wildman–Crippen MR) is 116 cm³/mol. The quantitative estimate of drug-likeness (QED) is 0.468. The SMILES string of the molecule is C[C@@H](N1CCn2nc(-c3ccc(F)cc3)nc2C1)[C@](O)(Cn1cncn1)c1ccc(F)cc1F. The largest absolute Gasteiger partial charge is 0.381 e. The molecule has 2 atom stereocenters. The van der Waals surface area contributed by atoms with E-state index in [1.807, 2.05) is 4.90 Å². The average Bonchev–Trinajstić information content (AvgIpc) is 3.48. The van der Waals surface area contributed by atoms with Crippen molar-refractivity contribution in [3.63, 3.8) is 0 Å². The minimum Gasteiger partial charge on any atom is -0.381 e. The molecule has 8 nitrogen and oxygen atoms in total. The fourth-order valence-electron chi connectivity index (χ4n) is 4.35. The monoisotopic (exact) mass is 469 g/mol. The minimum absolute atomic E-state index is 0.0315. The molecule has 1 aliphatic heterocycles. The Bertz CT molecular complexity index is 1290. The van der Waals surface area contributed by atoms with Gasteiger partial charge in [-0.05, 0) is 37.3 Å². The highest BCUT2D eigenvalue weighted by Gasteiger charge is 2.43. The number of benzene rings is 2. The molecule has 11 heteroatoms. The highest BCUT2D eigenvalue weighted by molar-refractivity contribution is 5.54. The Kier molecular flexibility index (Phi) is 5.66. The Morgan fingerprint density at radius 3 is 2.53 bits per heavy atom. The van der Waals surface area contributed by atoms with Gasteiger partial charge in [0.2, 0.25) is 0 Å². The lowest BCUT2D eigenvalue weighted by Gasteiger charge is -2.42. The van der Waals surface area contributed by atoms with E-state index in [-0.39, 0.29) is 17.9 Å². The second kappa shape index (κ2) is 8.65. The first-order valence-corrected chi connectivity index (χ1v) is 10.8. The molecule has 0 radical (unpaired) electrons. The summed E-state index contributed by atoms with van der Waals surface area (Å²) in [5.74, 6) is -0.760. The molecule has 0 fully saturated rings. The van der Waals surface area contributed by atoms with Crippen LogP contribution in [0, 0.1) is 17.5 Å². The van der Waals surface area contributed by atoms with Crippen LogP contribution in [-0.2, 0) is 25.2 Å². The second-order valence-corrected chi connectivity index (χ2v) is 8.37. The van der Waals surface area contributed by atoms with Crippen molar-refractivity contribution < 1.29 is 18.3 Å². The Morgan fingerprint density at radius 1 is 1.06 bits per heavy atom. The molecule has 176 valence electrons. The van der Waals surface area contributed by atoms with Crippen LogP contribution in [0.4, 0.5) is 13.2 Å². The zero-order valence-corrected chi connectivity index (χ0v) is 18.3. The van der Waals surface area contributed by atoms with Crippen LogP contribution >= 0.6 is 0 Å². The zero-order valence-electron chi connectivity index (χ0n) is 18.3. The third-order valence-corrected chi connectivity index (χ3v) is 6.30. The molecule has 0 saturated carbocycles. The van der Waals surface area contributed by atoms with Crippen molar-refractivity contribution in [2.75, 3.05) is 6.54 Å². The van der Waals surface area contributed by atoms with Crippen LogP contribution in [0.25, 0.3) is 11.4 Å². The summed E-state index contributed by atoms with van der Waals surface area (Å²) in [6.45, 7) is 3.06. The lowest BCUT2D eigenvalue weighted by molar-refractivity contribution is -0.0714. The van der Waals surface area contributed by atoms with Gasteiger partial charge in [-0.1, -0.05) is 6.07 Å². The summed E-state index contributed by atoms with van der Waals surface area (Å²) in [4.78, 5) is 10.5. The van der Waals surface area contributed by atoms with E-state index in [0.717, 1.165) is 12.1 Å². The van der Waals surface area contributed by atoms with Crippen LogP contribution in [-0.4, -0.2) is 52.1 Å². The zero-order chi connectivity index (χ0) is 23.9. The molecule has 1 aliphatic rings. The Balaban J connectivity index is 1.45. The molecule has 0 spiro atoms. The molecule has 5 rings (SSSR count). The minimum atomic E-state index is -1.74. The Labute approximate surface area is 193 Å².